The van der Waals surface area contributed by atoms with Crippen LogP contribution < -0.4 is 5.32 Å². The number of rotatable bonds is 3. The predicted octanol–water partition coefficient (Wildman–Crippen LogP) is 1.10. The first-order valence-corrected chi connectivity index (χ1v) is 4.70. The van der Waals surface area contributed by atoms with Crippen LogP contribution in [0.4, 0.5) is 5.95 Å². The molecule has 13 heavy (non-hydrogen) atoms. The molecule has 0 aliphatic carbocycles. The van der Waals surface area contributed by atoms with Crippen LogP contribution in [0.25, 0.3) is 0 Å². The third kappa shape index (κ3) is 1.83. The van der Waals surface area contributed by atoms with Gasteiger partial charge in [-0.1, -0.05) is 0 Å². The zero-order valence-electron chi connectivity index (χ0n) is 7.86. The summed E-state index contributed by atoms with van der Waals surface area (Å²) >= 11 is 0. The van der Waals surface area contributed by atoms with Crippen LogP contribution >= 0.6 is 0 Å². The highest BCUT2D eigenvalue weighted by atomic mass is 16.5. The van der Waals surface area contributed by atoms with E-state index in [0.717, 1.165) is 19.1 Å². The molecule has 72 valence electrons. The van der Waals surface area contributed by atoms with Crippen LogP contribution in [0, 0.1) is 0 Å². The highest BCUT2D eigenvalue weighted by Crippen LogP contribution is 2.15. The normalized spacial score (nSPS) is 22.1. The summed E-state index contributed by atoms with van der Waals surface area (Å²) in [6.07, 6.45) is 6.52. The van der Waals surface area contributed by atoms with Gasteiger partial charge in [-0.2, -0.15) is 0 Å². The fourth-order valence-electron chi connectivity index (χ4n) is 1.69. The van der Waals surface area contributed by atoms with E-state index in [-0.39, 0.29) is 0 Å². The number of aromatic nitrogens is 2. The number of ether oxygens (including phenoxy) is 1. The minimum absolute atomic E-state index is 0.376. The quantitative estimate of drug-likeness (QED) is 0.759. The molecule has 0 amide bonds. The Hall–Kier alpha value is -1.03. The first-order chi connectivity index (χ1) is 6.40. The summed E-state index contributed by atoms with van der Waals surface area (Å²) < 4.78 is 7.64. The maximum Gasteiger partial charge on any atom is 0.202 e. The van der Waals surface area contributed by atoms with Crippen molar-refractivity contribution >= 4 is 5.95 Å². The van der Waals surface area contributed by atoms with Gasteiger partial charge < -0.3 is 14.6 Å². The van der Waals surface area contributed by atoms with Crippen molar-refractivity contribution in [3.8, 4) is 0 Å². The minimum atomic E-state index is 0.376. The van der Waals surface area contributed by atoms with Gasteiger partial charge in [0.05, 0.1) is 12.6 Å². The second-order valence-corrected chi connectivity index (χ2v) is 3.29. The van der Waals surface area contributed by atoms with Gasteiger partial charge in [0.25, 0.3) is 0 Å². The van der Waals surface area contributed by atoms with Crippen molar-refractivity contribution in [2.24, 2.45) is 0 Å². The van der Waals surface area contributed by atoms with E-state index in [4.69, 9.17) is 4.74 Å². The molecule has 1 atom stereocenters. The van der Waals surface area contributed by atoms with Gasteiger partial charge in [0.1, 0.15) is 0 Å². The van der Waals surface area contributed by atoms with E-state index in [9.17, 15) is 0 Å². The summed E-state index contributed by atoms with van der Waals surface area (Å²) in [5.74, 6) is 0.913. The standard InChI is InChI=1S/C9H15N3O/c1-10-9-11-4-5-12(9)7-8-3-2-6-13-8/h4-5,8H,2-3,6-7H2,1H3,(H,10,11). The third-order valence-electron chi connectivity index (χ3n) is 2.36. The van der Waals surface area contributed by atoms with Gasteiger partial charge in [-0.3, -0.25) is 0 Å². The van der Waals surface area contributed by atoms with Crippen LogP contribution in [0.5, 0.6) is 0 Å². The van der Waals surface area contributed by atoms with Gasteiger partial charge in [0.2, 0.25) is 5.95 Å². The largest absolute Gasteiger partial charge is 0.376 e. The second-order valence-electron chi connectivity index (χ2n) is 3.29. The second kappa shape index (κ2) is 3.79. The predicted molar refractivity (Wildman–Crippen MR) is 50.7 cm³/mol. The lowest BCUT2D eigenvalue weighted by molar-refractivity contribution is 0.0974. The summed E-state index contributed by atoms with van der Waals surface area (Å²) in [5.41, 5.74) is 0. The van der Waals surface area contributed by atoms with E-state index < -0.39 is 0 Å². The number of hydrogen-bond donors (Lipinski definition) is 1. The summed E-state index contributed by atoms with van der Waals surface area (Å²) in [6.45, 7) is 1.82. The lowest BCUT2D eigenvalue weighted by Crippen LogP contribution is -2.15. The zero-order chi connectivity index (χ0) is 9.10. The van der Waals surface area contributed by atoms with Gasteiger partial charge in [-0.15, -0.1) is 0 Å². The van der Waals surface area contributed by atoms with E-state index in [1.807, 2.05) is 13.2 Å². The summed E-state index contributed by atoms with van der Waals surface area (Å²) in [6, 6.07) is 0. The molecule has 0 saturated carbocycles. The molecule has 1 aliphatic rings. The Balaban J connectivity index is 1.99. The molecular weight excluding hydrogens is 166 g/mol. The highest BCUT2D eigenvalue weighted by Gasteiger charge is 2.16. The van der Waals surface area contributed by atoms with Crippen LogP contribution in [0.2, 0.25) is 0 Å². The Morgan fingerprint density at radius 2 is 2.69 bits per heavy atom. The zero-order valence-corrected chi connectivity index (χ0v) is 7.86. The van der Waals surface area contributed by atoms with E-state index in [1.54, 1.807) is 6.20 Å². The Kier molecular flexibility index (Phi) is 2.49. The maximum atomic E-state index is 5.55. The fourth-order valence-corrected chi connectivity index (χ4v) is 1.69. The molecule has 2 rings (SSSR count). The molecule has 1 aromatic rings. The Labute approximate surface area is 77.9 Å². The topological polar surface area (TPSA) is 39.1 Å². The van der Waals surface area contributed by atoms with Gasteiger partial charge >= 0.3 is 0 Å². The number of hydrogen-bond acceptors (Lipinski definition) is 3. The molecule has 1 aliphatic heterocycles. The van der Waals surface area contributed by atoms with Crippen molar-refractivity contribution < 1.29 is 4.74 Å². The minimum Gasteiger partial charge on any atom is -0.376 e. The summed E-state index contributed by atoms with van der Waals surface area (Å²) in [7, 11) is 1.88. The smallest absolute Gasteiger partial charge is 0.202 e. The first kappa shape index (κ1) is 8.56. The number of nitrogens with zero attached hydrogens (tertiary/aromatic N) is 2. The number of imidazole rings is 1. The SMILES string of the molecule is CNc1nccn1CC1CCCO1. The lowest BCUT2D eigenvalue weighted by atomic mass is 10.2. The van der Waals surface area contributed by atoms with Crippen molar-refractivity contribution in [1.29, 1.82) is 0 Å². The summed E-state index contributed by atoms with van der Waals surface area (Å²) in [5, 5.41) is 3.05. The van der Waals surface area contributed by atoms with E-state index >= 15 is 0 Å². The molecule has 4 heteroatoms. The number of nitrogens with one attached hydrogen (secondary N) is 1. The van der Waals surface area contributed by atoms with Crippen molar-refractivity contribution in [1.82, 2.24) is 9.55 Å². The van der Waals surface area contributed by atoms with Gasteiger partial charge in [-0.25, -0.2) is 4.98 Å². The summed E-state index contributed by atoms with van der Waals surface area (Å²) in [4.78, 5) is 4.17. The van der Waals surface area contributed by atoms with E-state index in [2.05, 4.69) is 14.9 Å². The van der Waals surface area contributed by atoms with E-state index in [0.29, 0.717) is 6.10 Å². The van der Waals surface area contributed by atoms with Crippen molar-refractivity contribution in [2.45, 2.75) is 25.5 Å². The molecule has 0 aromatic carbocycles. The van der Waals surface area contributed by atoms with Crippen molar-refractivity contribution in [2.75, 3.05) is 19.0 Å². The van der Waals surface area contributed by atoms with Crippen LogP contribution in [0.15, 0.2) is 12.4 Å². The molecule has 4 nitrogen and oxygen atoms in total. The van der Waals surface area contributed by atoms with Crippen LogP contribution in [0.1, 0.15) is 12.8 Å². The lowest BCUT2D eigenvalue weighted by Gasteiger charge is -2.12. The molecular formula is C9H15N3O. The van der Waals surface area contributed by atoms with Crippen LogP contribution in [0.3, 0.4) is 0 Å². The molecule has 2 heterocycles. The first-order valence-electron chi connectivity index (χ1n) is 4.70. The fraction of sp³-hybridized carbons (Fsp3) is 0.667. The van der Waals surface area contributed by atoms with Crippen molar-refractivity contribution in [3.05, 3.63) is 12.4 Å². The monoisotopic (exact) mass is 181 g/mol. The van der Waals surface area contributed by atoms with E-state index in [1.165, 1.54) is 12.8 Å². The molecule has 0 radical (unpaired) electrons. The average Bonchev–Trinajstić information content (AvgIpc) is 2.76. The molecule has 0 spiro atoms. The molecule has 1 N–H and O–H groups in total. The molecule has 0 bridgehead atoms. The Morgan fingerprint density at radius 3 is 3.38 bits per heavy atom. The van der Waals surface area contributed by atoms with Gasteiger partial charge in [0, 0.05) is 26.0 Å². The highest BCUT2D eigenvalue weighted by molar-refractivity contribution is 5.24. The molecule has 1 aromatic heterocycles. The average molecular weight is 181 g/mol. The third-order valence-corrected chi connectivity index (χ3v) is 2.36. The van der Waals surface area contributed by atoms with Gasteiger partial charge in [-0.05, 0) is 12.8 Å². The molecule has 1 fully saturated rings. The molecule has 1 saturated heterocycles. The maximum absolute atomic E-state index is 5.55. The Morgan fingerprint density at radius 1 is 1.77 bits per heavy atom. The van der Waals surface area contributed by atoms with Crippen LogP contribution in [-0.4, -0.2) is 29.3 Å². The molecule has 1 unspecified atom stereocenters. The number of anilines is 1. The van der Waals surface area contributed by atoms with Gasteiger partial charge in [0.15, 0.2) is 0 Å². The Bertz CT molecular complexity index is 266. The van der Waals surface area contributed by atoms with Crippen LogP contribution in [-0.2, 0) is 11.3 Å². The van der Waals surface area contributed by atoms with Crippen molar-refractivity contribution in [3.63, 3.8) is 0 Å².